The van der Waals surface area contributed by atoms with Crippen LogP contribution in [0.15, 0.2) is 24.4 Å². The van der Waals surface area contributed by atoms with Gasteiger partial charge in [-0.1, -0.05) is 5.21 Å². The summed E-state index contributed by atoms with van der Waals surface area (Å²) in [5.41, 5.74) is -0.271. The zero-order chi connectivity index (χ0) is 25.0. The second-order valence-electron chi connectivity index (χ2n) is 7.67. The molecule has 180 valence electrons. The third kappa shape index (κ3) is 5.66. The molecule has 10 nitrogen and oxygen atoms in total. The summed E-state index contributed by atoms with van der Waals surface area (Å²) in [4.78, 5) is 38.9. The molecule has 1 aliphatic heterocycles. The van der Waals surface area contributed by atoms with Gasteiger partial charge in [-0.05, 0) is 31.5 Å². The molecular weight excluding hydrogens is 462 g/mol. The van der Waals surface area contributed by atoms with Crippen molar-refractivity contribution >= 4 is 23.4 Å². The summed E-state index contributed by atoms with van der Waals surface area (Å²) < 4.78 is 52.2. The molecule has 1 saturated heterocycles. The second kappa shape index (κ2) is 9.86. The molecule has 1 aromatic heterocycles. The lowest BCUT2D eigenvalue weighted by Crippen LogP contribution is -2.47. The van der Waals surface area contributed by atoms with E-state index in [1.165, 1.54) is 13.0 Å². The van der Waals surface area contributed by atoms with Crippen LogP contribution in [-0.2, 0) is 14.4 Å². The number of benzene rings is 1. The van der Waals surface area contributed by atoms with Gasteiger partial charge in [0.2, 0.25) is 5.91 Å². The van der Waals surface area contributed by atoms with E-state index in [1.807, 2.05) is 5.32 Å². The summed E-state index contributed by atoms with van der Waals surface area (Å²) in [6.07, 6.45) is -4.84. The highest BCUT2D eigenvalue weighted by Gasteiger charge is 2.41. The van der Waals surface area contributed by atoms with Crippen LogP contribution < -0.4 is 10.6 Å². The van der Waals surface area contributed by atoms with Crippen LogP contribution in [0.1, 0.15) is 37.1 Å². The molecule has 0 saturated carbocycles. The average molecular weight is 481 g/mol. The lowest BCUT2D eigenvalue weighted by Gasteiger charge is -2.25. The Hall–Kier alpha value is -4.02. The van der Waals surface area contributed by atoms with Crippen molar-refractivity contribution < 1.29 is 31.9 Å². The van der Waals surface area contributed by atoms with Crippen molar-refractivity contribution in [3.8, 4) is 6.07 Å². The normalized spacial score (nSPS) is 18.8. The van der Waals surface area contributed by atoms with Crippen LogP contribution in [0.3, 0.4) is 0 Å². The zero-order valence-corrected chi connectivity index (χ0v) is 17.7. The minimum Gasteiger partial charge on any atom is -0.339 e. The minimum absolute atomic E-state index is 0.0201. The highest BCUT2D eigenvalue weighted by Crippen LogP contribution is 2.29. The van der Waals surface area contributed by atoms with Gasteiger partial charge in [0.25, 0.3) is 0 Å². The first-order valence-corrected chi connectivity index (χ1v) is 10.0. The summed E-state index contributed by atoms with van der Waals surface area (Å²) in [5, 5.41) is 22.5. The van der Waals surface area contributed by atoms with Crippen LogP contribution >= 0.6 is 0 Å². The summed E-state index contributed by atoms with van der Waals surface area (Å²) in [5.74, 6) is -4.37. The molecule has 2 aromatic rings. The molecule has 0 unspecified atom stereocenters. The van der Waals surface area contributed by atoms with E-state index in [0.717, 1.165) is 23.2 Å². The molecule has 0 aliphatic carbocycles. The minimum atomic E-state index is -4.64. The molecule has 34 heavy (non-hydrogen) atoms. The predicted octanol–water partition coefficient (Wildman–Crippen LogP) is 1.80. The Morgan fingerprint density at radius 2 is 2.09 bits per heavy atom. The van der Waals surface area contributed by atoms with Gasteiger partial charge in [0.05, 0.1) is 23.9 Å². The van der Waals surface area contributed by atoms with Gasteiger partial charge in [0, 0.05) is 24.5 Å². The number of hydrogen-bond acceptors (Lipinski definition) is 6. The topological polar surface area (TPSA) is 144 Å². The number of H-pyrrole nitrogens is 1. The van der Waals surface area contributed by atoms with Crippen molar-refractivity contribution in [2.45, 2.75) is 38.0 Å². The lowest BCUT2D eigenvalue weighted by molar-refractivity contribution is -0.151. The van der Waals surface area contributed by atoms with Gasteiger partial charge in [-0.2, -0.15) is 18.4 Å². The van der Waals surface area contributed by atoms with Crippen molar-refractivity contribution in [2.24, 2.45) is 5.92 Å². The molecule has 3 amide bonds. The maximum absolute atomic E-state index is 13.5. The molecule has 1 fully saturated rings. The van der Waals surface area contributed by atoms with Crippen LogP contribution in [0.2, 0.25) is 0 Å². The highest BCUT2D eigenvalue weighted by atomic mass is 19.4. The quantitative estimate of drug-likeness (QED) is 0.439. The monoisotopic (exact) mass is 481 g/mol. The summed E-state index contributed by atoms with van der Waals surface area (Å²) in [6, 6.07) is 2.74. The van der Waals surface area contributed by atoms with Crippen LogP contribution in [0.4, 0.5) is 23.2 Å². The van der Waals surface area contributed by atoms with E-state index in [0.29, 0.717) is 0 Å². The van der Waals surface area contributed by atoms with E-state index >= 15 is 0 Å². The van der Waals surface area contributed by atoms with Gasteiger partial charge in [0.1, 0.15) is 17.6 Å². The molecule has 3 atom stereocenters. The fraction of sp³-hybridized carbons (Fsp3) is 0.400. The van der Waals surface area contributed by atoms with E-state index in [4.69, 9.17) is 5.26 Å². The van der Waals surface area contributed by atoms with Gasteiger partial charge < -0.3 is 15.5 Å². The van der Waals surface area contributed by atoms with Crippen molar-refractivity contribution in [3.05, 3.63) is 41.5 Å². The van der Waals surface area contributed by atoms with Gasteiger partial charge in [-0.25, -0.2) is 4.39 Å². The van der Waals surface area contributed by atoms with Gasteiger partial charge in [-0.15, -0.1) is 5.10 Å². The Balaban J connectivity index is 1.65. The van der Waals surface area contributed by atoms with Crippen LogP contribution in [-0.4, -0.2) is 56.8 Å². The molecule has 0 radical (unpaired) electrons. The Kier molecular flexibility index (Phi) is 7.14. The number of nitrogens with one attached hydrogen (secondary N) is 3. The predicted molar refractivity (Wildman–Crippen MR) is 107 cm³/mol. The number of carbonyl (C=O) groups excluding carboxylic acids is 3. The zero-order valence-electron chi connectivity index (χ0n) is 17.7. The number of aromatic nitrogens is 3. The number of anilines is 1. The number of halogens is 4. The van der Waals surface area contributed by atoms with Gasteiger partial charge in [-0.3, -0.25) is 19.5 Å². The number of likely N-dealkylation sites (tertiary alicyclic amines) is 1. The standard InChI is InChI=1S/C20H19F4N7O3/c1-10-13(17(32)27-12-2-3-14(21)11(6-12)8-25)4-5-31(10)19(34)18(33)28-15(7-20(22,23)24)16-9-26-30-29-16/h2-3,6,9-10,13,15H,4-5,7H2,1H3,(H,27,32)(H,28,33)(H,26,29,30)/t10-,13-,15+/m0/s1. The SMILES string of the molecule is C[C@H]1[C@@H](C(=O)Nc2ccc(F)c(C#N)c2)CCN1C(=O)C(=O)N[C@H](CC(F)(F)F)c1c[nH]nn1. The van der Waals surface area contributed by atoms with E-state index in [9.17, 15) is 31.9 Å². The third-order valence-electron chi connectivity index (χ3n) is 5.43. The second-order valence-corrected chi connectivity index (χ2v) is 7.67. The van der Waals surface area contributed by atoms with Crippen molar-refractivity contribution in [2.75, 3.05) is 11.9 Å². The first-order chi connectivity index (χ1) is 16.0. The highest BCUT2D eigenvalue weighted by molar-refractivity contribution is 6.35. The van der Waals surface area contributed by atoms with E-state index in [2.05, 4.69) is 20.7 Å². The van der Waals surface area contributed by atoms with Crippen molar-refractivity contribution in [1.29, 1.82) is 5.26 Å². The number of alkyl halides is 3. The van der Waals surface area contributed by atoms with E-state index in [1.54, 1.807) is 6.07 Å². The maximum Gasteiger partial charge on any atom is 0.391 e. The Bertz CT molecular complexity index is 1110. The third-order valence-corrected chi connectivity index (χ3v) is 5.43. The number of aromatic amines is 1. The van der Waals surface area contributed by atoms with Crippen LogP contribution in [0, 0.1) is 23.1 Å². The number of amides is 3. The molecule has 1 aromatic carbocycles. The summed E-state index contributed by atoms with van der Waals surface area (Å²) in [6.45, 7) is 1.55. The fourth-order valence-electron chi connectivity index (χ4n) is 3.69. The van der Waals surface area contributed by atoms with Crippen LogP contribution in [0.25, 0.3) is 0 Å². The Morgan fingerprint density at radius 3 is 2.71 bits per heavy atom. The van der Waals surface area contributed by atoms with E-state index in [-0.39, 0.29) is 29.9 Å². The number of carbonyl (C=O) groups is 3. The number of nitriles is 1. The maximum atomic E-state index is 13.5. The van der Waals surface area contributed by atoms with Gasteiger partial charge in [0.15, 0.2) is 0 Å². The number of rotatable bonds is 5. The van der Waals surface area contributed by atoms with Crippen LogP contribution in [0.5, 0.6) is 0 Å². The fourth-order valence-corrected chi connectivity index (χ4v) is 3.69. The number of nitrogens with zero attached hydrogens (tertiary/aromatic N) is 4. The molecule has 2 heterocycles. The molecular formula is C20H19F4N7O3. The molecule has 1 aliphatic rings. The summed E-state index contributed by atoms with van der Waals surface area (Å²) in [7, 11) is 0. The van der Waals surface area contributed by atoms with Gasteiger partial charge >= 0.3 is 18.0 Å². The number of hydrogen-bond donors (Lipinski definition) is 3. The molecule has 14 heteroatoms. The van der Waals surface area contributed by atoms with Crippen molar-refractivity contribution in [1.82, 2.24) is 25.6 Å². The first kappa shape index (κ1) is 24.6. The molecule has 3 rings (SSSR count). The Labute approximate surface area is 190 Å². The molecule has 0 spiro atoms. The summed E-state index contributed by atoms with van der Waals surface area (Å²) >= 11 is 0. The lowest BCUT2D eigenvalue weighted by atomic mass is 10.0. The largest absolute Gasteiger partial charge is 0.391 e. The first-order valence-electron chi connectivity index (χ1n) is 10.0. The van der Waals surface area contributed by atoms with E-state index < -0.39 is 54.1 Å². The molecule has 3 N–H and O–H groups in total. The Morgan fingerprint density at radius 1 is 1.35 bits per heavy atom. The van der Waals surface area contributed by atoms with Crippen molar-refractivity contribution in [3.63, 3.8) is 0 Å². The average Bonchev–Trinajstić information content (AvgIpc) is 3.43. The molecule has 0 bridgehead atoms. The smallest absolute Gasteiger partial charge is 0.339 e.